The van der Waals surface area contributed by atoms with Crippen molar-refractivity contribution >= 4 is 16.6 Å². The zero-order chi connectivity index (χ0) is 13.1. The van der Waals surface area contributed by atoms with Gasteiger partial charge >= 0.3 is 0 Å². The number of nitrogens with one attached hydrogen (secondary N) is 1. The van der Waals surface area contributed by atoms with Crippen LogP contribution in [0.25, 0.3) is 10.9 Å². The lowest BCUT2D eigenvalue weighted by Gasteiger charge is -2.10. The van der Waals surface area contributed by atoms with Gasteiger partial charge in [-0.15, -0.1) is 5.10 Å². The number of para-hydroxylation sites is 1. The maximum atomic E-state index is 4.43. The summed E-state index contributed by atoms with van der Waals surface area (Å²) >= 11 is 0. The third-order valence-corrected chi connectivity index (χ3v) is 3.10. The van der Waals surface area contributed by atoms with Crippen LogP contribution in [-0.2, 0) is 6.54 Å². The van der Waals surface area contributed by atoms with E-state index in [9.17, 15) is 0 Å². The van der Waals surface area contributed by atoms with Crippen molar-refractivity contribution in [3.63, 3.8) is 0 Å². The van der Waals surface area contributed by atoms with Crippen LogP contribution in [0.4, 0.5) is 5.69 Å². The fourth-order valence-electron chi connectivity index (χ4n) is 2.14. The number of anilines is 1. The molecule has 0 atom stereocenters. The van der Waals surface area contributed by atoms with Crippen molar-refractivity contribution in [3.8, 4) is 0 Å². The zero-order valence-electron chi connectivity index (χ0n) is 10.7. The van der Waals surface area contributed by atoms with E-state index in [2.05, 4.69) is 45.7 Å². The van der Waals surface area contributed by atoms with E-state index >= 15 is 0 Å². The minimum Gasteiger partial charge on any atom is -0.383 e. The van der Waals surface area contributed by atoms with E-state index in [4.69, 9.17) is 0 Å². The van der Waals surface area contributed by atoms with Crippen molar-refractivity contribution in [2.45, 2.75) is 13.5 Å². The molecule has 0 spiro atoms. The van der Waals surface area contributed by atoms with Crippen LogP contribution < -0.4 is 5.32 Å². The molecular weight excluding hydrogens is 238 g/mol. The van der Waals surface area contributed by atoms with Crippen LogP contribution in [-0.4, -0.2) is 26.5 Å². The first kappa shape index (κ1) is 11.6. The van der Waals surface area contributed by atoms with Crippen LogP contribution in [0.2, 0.25) is 0 Å². The van der Waals surface area contributed by atoms with Gasteiger partial charge in [-0.25, -0.2) is 0 Å². The molecule has 0 aliphatic carbocycles. The Labute approximate surface area is 111 Å². The Hall–Kier alpha value is -2.43. The summed E-state index contributed by atoms with van der Waals surface area (Å²) in [5.41, 5.74) is 3.35. The predicted octanol–water partition coefficient (Wildman–Crippen LogP) is 2.25. The first-order valence-corrected chi connectivity index (χ1v) is 6.27. The molecule has 0 saturated carbocycles. The highest BCUT2D eigenvalue weighted by atomic mass is 15.4. The standard InChI is InChI=1S/C14H15N5/c1-11-3-2-4-12-13(5-6-16-14(11)12)15-7-9-19-10-8-17-18-19/h2-6,8,10H,7,9H2,1H3,(H,15,16). The Kier molecular flexibility index (Phi) is 3.10. The maximum Gasteiger partial charge on any atom is 0.0751 e. The van der Waals surface area contributed by atoms with E-state index in [1.807, 2.05) is 23.1 Å². The molecule has 0 bridgehead atoms. The van der Waals surface area contributed by atoms with E-state index in [1.54, 1.807) is 6.20 Å². The second-order valence-corrected chi connectivity index (χ2v) is 4.42. The molecule has 1 aromatic carbocycles. The Morgan fingerprint density at radius 1 is 1.21 bits per heavy atom. The predicted molar refractivity (Wildman–Crippen MR) is 75.0 cm³/mol. The highest BCUT2D eigenvalue weighted by Gasteiger charge is 2.03. The molecule has 0 aliphatic heterocycles. The van der Waals surface area contributed by atoms with Crippen LogP contribution in [0.15, 0.2) is 42.9 Å². The van der Waals surface area contributed by atoms with E-state index in [1.165, 1.54) is 5.56 Å². The van der Waals surface area contributed by atoms with Crippen molar-refractivity contribution in [1.29, 1.82) is 0 Å². The number of pyridine rings is 1. The van der Waals surface area contributed by atoms with Gasteiger partial charge in [-0.05, 0) is 18.6 Å². The number of aryl methyl sites for hydroxylation is 1. The summed E-state index contributed by atoms with van der Waals surface area (Å²) in [6.45, 7) is 3.67. The zero-order valence-corrected chi connectivity index (χ0v) is 10.7. The molecule has 5 heteroatoms. The summed E-state index contributed by atoms with van der Waals surface area (Å²) in [6.07, 6.45) is 5.38. The fourth-order valence-corrected chi connectivity index (χ4v) is 2.14. The molecule has 5 nitrogen and oxygen atoms in total. The van der Waals surface area contributed by atoms with Crippen LogP contribution in [0.3, 0.4) is 0 Å². The average Bonchev–Trinajstić information content (AvgIpc) is 2.93. The first-order valence-electron chi connectivity index (χ1n) is 6.27. The molecule has 3 rings (SSSR count). The molecule has 1 N–H and O–H groups in total. The molecule has 0 saturated heterocycles. The van der Waals surface area contributed by atoms with Crippen LogP contribution in [0, 0.1) is 6.92 Å². The molecule has 0 radical (unpaired) electrons. The minimum absolute atomic E-state index is 0.787. The topological polar surface area (TPSA) is 55.6 Å². The SMILES string of the molecule is Cc1cccc2c(NCCn3ccnn3)ccnc12. The monoisotopic (exact) mass is 253 g/mol. The van der Waals surface area contributed by atoms with Crippen molar-refractivity contribution in [3.05, 3.63) is 48.4 Å². The van der Waals surface area contributed by atoms with Gasteiger partial charge in [0, 0.05) is 30.0 Å². The molecule has 0 amide bonds. The fraction of sp³-hybridized carbons (Fsp3) is 0.214. The summed E-state index contributed by atoms with van der Waals surface area (Å²) in [7, 11) is 0. The number of aromatic nitrogens is 4. The quantitative estimate of drug-likeness (QED) is 0.774. The van der Waals surface area contributed by atoms with Gasteiger partial charge < -0.3 is 5.32 Å². The number of nitrogens with zero attached hydrogens (tertiary/aromatic N) is 4. The van der Waals surface area contributed by atoms with Crippen molar-refractivity contribution in [2.24, 2.45) is 0 Å². The van der Waals surface area contributed by atoms with E-state index < -0.39 is 0 Å². The third-order valence-electron chi connectivity index (χ3n) is 3.10. The lowest BCUT2D eigenvalue weighted by molar-refractivity contribution is 0.609. The molecule has 2 aromatic heterocycles. The van der Waals surface area contributed by atoms with Crippen LogP contribution >= 0.6 is 0 Å². The Bertz CT molecular complexity index is 675. The third kappa shape index (κ3) is 2.40. The number of hydrogen-bond donors (Lipinski definition) is 1. The van der Waals surface area contributed by atoms with E-state index in [0.717, 1.165) is 29.7 Å². The Balaban J connectivity index is 1.79. The second kappa shape index (κ2) is 5.06. The smallest absolute Gasteiger partial charge is 0.0751 e. The van der Waals surface area contributed by atoms with Crippen molar-refractivity contribution < 1.29 is 0 Å². The van der Waals surface area contributed by atoms with E-state index in [-0.39, 0.29) is 0 Å². The molecule has 0 aliphatic rings. The van der Waals surface area contributed by atoms with Gasteiger partial charge in [0.25, 0.3) is 0 Å². The molecule has 96 valence electrons. The van der Waals surface area contributed by atoms with Crippen molar-refractivity contribution in [1.82, 2.24) is 20.0 Å². The molecule has 0 unspecified atom stereocenters. The second-order valence-electron chi connectivity index (χ2n) is 4.42. The van der Waals surface area contributed by atoms with Gasteiger partial charge in [-0.2, -0.15) is 0 Å². The summed E-state index contributed by atoms with van der Waals surface area (Å²) in [5.74, 6) is 0. The average molecular weight is 253 g/mol. The molecule has 2 heterocycles. The van der Waals surface area contributed by atoms with Gasteiger partial charge in [0.05, 0.1) is 18.3 Å². The number of benzene rings is 1. The van der Waals surface area contributed by atoms with Crippen LogP contribution in [0.1, 0.15) is 5.56 Å². The Morgan fingerprint density at radius 2 is 2.16 bits per heavy atom. The van der Waals surface area contributed by atoms with Gasteiger partial charge in [-0.3, -0.25) is 9.67 Å². The van der Waals surface area contributed by atoms with Gasteiger partial charge in [0.15, 0.2) is 0 Å². The van der Waals surface area contributed by atoms with Gasteiger partial charge in [0.1, 0.15) is 0 Å². The number of rotatable bonds is 4. The lowest BCUT2D eigenvalue weighted by atomic mass is 10.1. The molecular formula is C14H15N5. The van der Waals surface area contributed by atoms with Crippen molar-refractivity contribution in [2.75, 3.05) is 11.9 Å². The molecule has 19 heavy (non-hydrogen) atoms. The lowest BCUT2D eigenvalue weighted by Crippen LogP contribution is -2.11. The summed E-state index contributed by atoms with van der Waals surface area (Å²) < 4.78 is 1.81. The van der Waals surface area contributed by atoms with Crippen LogP contribution in [0.5, 0.6) is 0 Å². The largest absolute Gasteiger partial charge is 0.383 e. The molecule has 0 fully saturated rings. The van der Waals surface area contributed by atoms with Gasteiger partial charge in [-0.1, -0.05) is 23.4 Å². The first-order chi connectivity index (χ1) is 9.34. The summed E-state index contributed by atoms with van der Waals surface area (Å²) in [5, 5.41) is 12.3. The summed E-state index contributed by atoms with van der Waals surface area (Å²) in [6, 6.07) is 8.23. The Morgan fingerprint density at radius 3 is 3.00 bits per heavy atom. The number of fused-ring (bicyclic) bond motifs is 1. The highest BCUT2D eigenvalue weighted by molar-refractivity contribution is 5.92. The highest BCUT2D eigenvalue weighted by Crippen LogP contribution is 2.23. The summed E-state index contributed by atoms with van der Waals surface area (Å²) in [4.78, 5) is 4.43. The minimum atomic E-state index is 0.787. The van der Waals surface area contributed by atoms with E-state index in [0.29, 0.717) is 0 Å². The van der Waals surface area contributed by atoms with Gasteiger partial charge in [0.2, 0.25) is 0 Å². The number of hydrogen-bond acceptors (Lipinski definition) is 4. The maximum absolute atomic E-state index is 4.43. The molecule has 3 aromatic rings. The normalized spacial score (nSPS) is 10.8.